The topological polar surface area (TPSA) is 127 Å². The lowest BCUT2D eigenvalue weighted by atomic mass is 9.95. The van der Waals surface area contributed by atoms with Gasteiger partial charge in [0.2, 0.25) is 5.13 Å². The molecule has 9 nitrogen and oxygen atoms in total. The number of Topliss-reactive ketones (excluding diaryl/α,β-unsaturated/α-hetero) is 1. The van der Waals surface area contributed by atoms with E-state index in [1.54, 1.807) is 24.3 Å². The van der Waals surface area contributed by atoms with Gasteiger partial charge in [0, 0.05) is 23.4 Å². The van der Waals surface area contributed by atoms with Crippen molar-refractivity contribution in [2.24, 2.45) is 0 Å². The number of non-ortho nitro benzene ring substituents is 1. The quantitative estimate of drug-likeness (QED) is 0.0599. The second-order valence-electron chi connectivity index (χ2n) is 8.51. The zero-order valence-electron chi connectivity index (χ0n) is 20.0. The molecule has 1 fully saturated rings. The molecule has 1 aliphatic heterocycles. The first-order valence-corrected chi connectivity index (χ1v) is 13.3. The van der Waals surface area contributed by atoms with E-state index in [4.69, 9.17) is 0 Å². The van der Waals surface area contributed by atoms with Gasteiger partial charge in [-0.1, -0.05) is 83.3 Å². The first-order chi connectivity index (χ1) is 18.3. The number of aromatic nitrogens is 2. The molecule has 1 atom stereocenters. The van der Waals surface area contributed by atoms with E-state index in [9.17, 15) is 24.8 Å². The molecule has 1 unspecified atom stereocenters. The van der Waals surface area contributed by atoms with E-state index in [1.165, 1.54) is 40.9 Å². The molecule has 3 aromatic carbocycles. The molecule has 0 saturated carbocycles. The Morgan fingerprint density at radius 3 is 2.37 bits per heavy atom. The second-order valence-corrected chi connectivity index (χ2v) is 10.7. The number of hydrogen-bond acceptors (Lipinski definition) is 9. The van der Waals surface area contributed by atoms with Gasteiger partial charge in [-0.05, 0) is 30.2 Å². The highest BCUT2D eigenvalue weighted by atomic mass is 32.2. The number of thioether (sulfide) groups is 1. The van der Waals surface area contributed by atoms with Gasteiger partial charge in [0.15, 0.2) is 4.34 Å². The van der Waals surface area contributed by atoms with E-state index in [0.717, 1.165) is 22.5 Å². The maximum absolute atomic E-state index is 13.3. The molecule has 0 aliphatic carbocycles. The van der Waals surface area contributed by atoms with Crippen LogP contribution in [0.5, 0.6) is 0 Å². The minimum Gasteiger partial charge on any atom is -0.507 e. The highest BCUT2D eigenvalue weighted by Crippen LogP contribution is 2.44. The molecule has 1 saturated heterocycles. The van der Waals surface area contributed by atoms with Crippen molar-refractivity contribution >= 4 is 51.4 Å². The fraction of sp³-hybridized carbons (Fsp3) is 0.111. The van der Waals surface area contributed by atoms with Gasteiger partial charge in [-0.25, -0.2) is 0 Å². The van der Waals surface area contributed by atoms with Crippen molar-refractivity contribution in [3.8, 4) is 0 Å². The third-order valence-electron chi connectivity index (χ3n) is 6.00. The predicted octanol–water partition coefficient (Wildman–Crippen LogP) is 5.67. The molecule has 1 aliphatic rings. The average Bonchev–Trinajstić information content (AvgIpc) is 3.50. The molecule has 38 heavy (non-hydrogen) atoms. The largest absolute Gasteiger partial charge is 0.507 e. The van der Waals surface area contributed by atoms with Gasteiger partial charge >= 0.3 is 5.91 Å². The molecule has 1 aromatic heterocycles. The number of benzene rings is 3. The molecule has 1 amide bonds. The Hall–Kier alpha value is -4.35. The van der Waals surface area contributed by atoms with Crippen LogP contribution in [0, 0.1) is 17.0 Å². The van der Waals surface area contributed by atoms with Crippen molar-refractivity contribution in [1.82, 2.24) is 10.2 Å². The molecule has 0 radical (unpaired) electrons. The zero-order valence-corrected chi connectivity index (χ0v) is 21.6. The van der Waals surface area contributed by atoms with Crippen LogP contribution < -0.4 is 4.90 Å². The summed E-state index contributed by atoms with van der Waals surface area (Å²) in [5.41, 5.74) is 2.58. The highest BCUT2D eigenvalue weighted by Gasteiger charge is 2.48. The standard InChI is InChI=1S/C27H20N4O5S2/c1-16-7-9-19(10-8-16)23(32)21-22(18-11-13-20(14-12-18)31(35)36)30(25(34)24(21)33)26-28-29-27(38-26)37-15-17-5-3-2-4-6-17/h2-14,22,32H,15H2,1H3/b23-21-. The van der Waals surface area contributed by atoms with E-state index in [-0.39, 0.29) is 22.2 Å². The lowest BCUT2D eigenvalue weighted by Crippen LogP contribution is -2.29. The minimum atomic E-state index is -1.04. The molecule has 2 heterocycles. The van der Waals surface area contributed by atoms with Crippen LogP contribution in [0.2, 0.25) is 0 Å². The summed E-state index contributed by atoms with van der Waals surface area (Å²) >= 11 is 2.60. The van der Waals surface area contributed by atoms with Gasteiger partial charge in [-0.15, -0.1) is 10.2 Å². The third kappa shape index (κ3) is 4.93. The predicted molar refractivity (Wildman–Crippen MR) is 145 cm³/mol. The van der Waals surface area contributed by atoms with Crippen molar-refractivity contribution in [2.45, 2.75) is 23.1 Å². The van der Waals surface area contributed by atoms with Crippen LogP contribution in [-0.2, 0) is 15.3 Å². The number of carbonyl (C=O) groups is 2. The highest BCUT2D eigenvalue weighted by molar-refractivity contribution is 8.00. The number of rotatable bonds is 7. The van der Waals surface area contributed by atoms with Crippen molar-refractivity contribution in [3.63, 3.8) is 0 Å². The van der Waals surface area contributed by atoms with Gasteiger partial charge in [-0.3, -0.25) is 24.6 Å². The Labute approximate surface area is 225 Å². The lowest BCUT2D eigenvalue weighted by Gasteiger charge is -2.22. The summed E-state index contributed by atoms with van der Waals surface area (Å²) in [4.78, 5) is 38.5. The van der Waals surface area contributed by atoms with E-state index in [1.807, 2.05) is 37.3 Å². The SMILES string of the molecule is Cc1ccc(/C(O)=C2/C(=O)C(=O)N(c3nnc(SCc4ccccc4)s3)C2c2ccc([N+](=O)[O-])cc2)cc1. The van der Waals surface area contributed by atoms with Crippen LogP contribution >= 0.6 is 23.1 Å². The molecule has 0 bridgehead atoms. The van der Waals surface area contributed by atoms with Crippen molar-refractivity contribution in [3.05, 3.63) is 117 Å². The number of carbonyl (C=O) groups excluding carboxylic acids is 2. The summed E-state index contributed by atoms with van der Waals surface area (Å²) < 4.78 is 0.603. The molecular weight excluding hydrogens is 524 g/mol. The summed E-state index contributed by atoms with van der Waals surface area (Å²) in [7, 11) is 0. The number of nitro groups is 1. The van der Waals surface area contributed by atoms with Crippen LogP contribution in [0.25, 0.3) is 5.76 Å². The first-order valence-electron chi connectivity index (χ1n) is 11.5. The number of nitrogens with zero attached hydrogens (tertiary/aromatic N) is 4. The maximum atomic E-state index is 13.3. The minimum absolute atomic E-state index is 0.124. The summed E-state index contributed by atoms with van der Waals surface area (Å²) in [6.45, 7) is 1.89. The van der Waals surface area contributed by atoms with Gasteiger partial charge < -0.3 is 5.11 Å². The monoisotopic (exact) mass is 544 g/mol. The molecule has 11 heteroatoms. The summed E-state index contributed by atoms with van der Waals surface area (Å²) in [6, 6.07) is 21.2. The van der Waals surface area contributed by atoms with Gasteiger partial charge in [-0.2, -0.15) is 0 Å². The van der Waals surface area contributed by atoms with Crippen molar-refractivity contribution < 1.29 is 19.6 Å². The molecule has 190 valence electrons. The lowest BCUT2D eigenvalue weighted by molar-refractivity contribution is -0.384. The van der Waals surface area contributed by atoms with Gasteiger partial charge in [0.1, 0.15) is 5.76 Å². The number of nitro benzene ring substituents is 1. The van der Waals surface area contributed by atoms with Crippen LogP contribution in [0.3, 0.4) is 0 Å². The molecule has 4 aromatic rings. The number of amides is 1. The van der Waals surface area contributed by atoms with Crippen LogP contribution in [0.4, 0.5) is 10.8 Å². The van der Waals surface area contributed by atoms with Gasteiger partial charge in [0.25, 0.3) is 11.5 Å². The van der Waals surface area contributed by atoms with Gasteiger partial charge in [0.05, 0.1) is 16.5 Å². The first kappa shape index (κ1) is 25.3. The van der Waals surface area contributed by atoms with Crippen LogP contribution in [0.1, 0.15) is 28.3 Å². The Balaban J connectivity index is 1.56. The Morgan fingerprint density at radius 2 is 1.71 bits per heavy atom. The average molecular weight is 545 g/mol. The van der Waals surface area contributed by atoms with E-state index < -0.39 is 22.7 Å². The number of aliphatic hydroxyl groups is 1. The molecule has 5 rings (SSSR count). The van der Waals surface area contributed by atoms with Crippen molar-refractivity contribution in [2.75, 3.05) is 4.90 Å². The van der Waals surface area contributed by atoms with Crippen molar-refractivity contribution in [1.29, 1.82) is 0 Å². The normalized spacial score (nSPS) is 16.7. The summed E-state index contributed by atoms with van der Waals surface area (Å²) in [6.07, 6.45) is 0. The van der Waals surface area contributed by atoms with Crippen LogP contribution in [-0.4, -0.2) is 31.9 Å². The van der Waals surface area contributed by atoms with E-state index >= 15 is 0 Å². The fourth-order valence-corrected chi connectivity index (χ4v) is 5.89. The summed E-state index contributed by atoms with van der Waals surface area (Å²) in [5.74, 6) is -1.43. The third-order valence-corrected chi connectivity index (χ3v) is 8.12. The second kappa shape index (κ2) is 10.6. The molecule has 0 spiro atoms. The van der Waals surface area contributed by atoms with E-state index in [2.05, 4.69) is 10.2 Å². The summed E-state index contributed by atoms with van der Waals surface area (Å²) in [5, 5.41) is 31.0. The smallest absolute Gasteiger partial charge is 0.301 e. The maximum Gasteiger partial charge on any atom is 0.301 e. The number of hydrogen-bond donors (Lipinski definition) is 1. The number of aliphatic hydroxyl groups excluding tert-OH is 1. The fourth-order valence-electron chi connectivity index (χ4n) is 4.07. The van der Waals surface area contributed by atoms with Crippen LogP contribution in [0.15, 0.2) is 88.8 Å². The number of anilines is 1. The number of aryl methyl sites for hydroxylation is 1. The van der Waals surface area contributed by atoms with E-state index in [0.29, 0.717) is 21.2 Å². The Kier molecular flexibility index (Phi) is 7.03. The number of ketones is 1. The molecular formula is C27H20N4O5S2. The molecule has 1 N–H and O–H groups in total. The Morgan fingerprint density at radius 1 is 1.03 bits per heavy atom. The Bertz CT molecular complexity index is 1550. The zero-order chi connectivity index (χ0) is 26.8.